The molecule has 3 unspecified atom stereocenters. The summed E-state index contributed by atoms with van der Waals surface area (Å²) in [6, 6.07) is 1.36. The van der Waals surface area contributed by atoms with Crippen LogP contribution in [0.2, 0.25) is 0 Å². The topological polar surface area (TPSA) is 33.5 Å². The number of hydrogen-bond donors (Lipinski definition) is 2. The Kier molecular flexibility index (Phi) is 5.92. The lowest BCUT2D eigenvalue weighted by molar-refractivity contribution is -0.924. The zero-order valence-electron chi connectivity index (χ0n) is 14.4. The average Bonchev–Trinajstić information content (AvgIpc) is 2.57. The maximum absolute atomic E-state index is 12.8. The molecule has 2 aliphatic heterocycles. The van der Waals surface area contributed by atoms with Crippen LogP contribution in [0.3, 0.4) is 0 Å². The highest BCUT2D eigenvalue weighted by Gasteiger charge is 2.36. The molecule has 3 fully saturated rings. The highest BCUT2D eigenvalue weighted by molar-refractivity contribution is 5.82. The quantitative estimate of drug-likeness (QED) is 0.832. The number of rotatable bonds is 4. The number of piperidine rings is 2. The van der Waals surface area contributed by atoms with Crippen LogP contribution < -0.4 is 10.2 Å². The van der Waals surface area contributed by atoms with Crippen molar-refractivity contribution in [1.29, 1.82) is 0 Å². The molecule has 0 amide bonds. The Bertz CT molecular complexity index is 356. The lowest BCUT2D eigenvalue weighted by Crippen LogP contribution is -3.19. The highest BCUT2D eigenvalue weighted by atomic mass is 16.1. The second kappa shape index (κ2) is 7.92. The number of hydrogen-bond acceptors (Lipinski definition) is 2. The van der Waals surface area contributed by atoms with Crippen molar-refractivity contribution in [2.45, 2.75) is 83.2 Å². The molecule has 2 heterocycles. The van der Waals surface area contributed by atoms with Gasteiger partial charge in [0, 0.05) is 12.3 Å². The summed E-state index contributed by atoms with van der Waals surface area (Å²) in [5.41, 5.74) is 0. The van der Waals surface area contributed by atoms with E-state index in [1.807, 2.05) is 0 Å². The van der Waals surface area contributed by atoms with Crippen molar-refractivity contribution in [3.63, 3.8) is 0 Å². The molecular weight excluding hydrogens is 272 g/mol. The van der Waals surface area contributed by atoms with Crippen molar-refractivity contribution in [3.8, 4) is 0 Å². The molecule has 2 saturated heterocycles. The van der Waals surface area contributed by atoms with Crippen LogP contribution in [-0.2, 0) is 4.79 Å². The van der Waals surface area contributed by atoms with E-state index in [2.05, 4.69) is 12.2 Å². The highest BCUT2D eigenvalue weighted by Crippen LogP contribution is 2.28. The zero-order chi connectivity index (χ0) is 15.4. The van der Waals surface area contributed by atoms with Crippen molar-refractivity contribution in [2.75, 3.05) is 19.6 Å². The van der Waals surface area contributed by atoms with Gasteiger partial charge in [-0.05, 0) is 51.0 Å². The number of quaternary nitrogens is 1. The second-order valence-corrected chi connectivity index (χ2v) is 8.17. The maximum Gasteiger partial charge on any atom is 0.189 e. The molecule has 3 nitrogen and oxygen atoms in total. The summed E-state index contributed by atoms with van der Waals surface area (Å²) in [4.78, 5) is 14.4. The maximum atomic E-state index is 12.8. The molecule has 0 aromatic rings. The van der Waals surface area contributed by atoms with Gasteiger partial charge in [0.2, 0.25) is 0 Å². The molecule has 1 aliphatic carbocycles. The van der Waals surface area contributed by atoms with Crippen molar-refractivity contribution in [3.05, 3.63) is 0 Å². The standard InChI is InChI=1S/C19H34N2O/c1-15-8-10-16(11-9-15)19(22)14-21-13-5-3-7-18(21)17-6-2-4-12-20-17/h15-18,20H,2-14H2,1H3/p+1. The third kappa shape index (κ3) is 4.11. The third-order valence-electron chi connectivity index (χ3n) is 6.49. The molecule has 3 rings (SSSR count). The van der Waals surface area contributed by atoms with E-state index in [1.165, 1.54) is 64.5 Å². The summed E-state index contributed by atoms with van der Waals surface area (Å²) in [7, 11) is 0. The van der Waals surface area contributed by atoms with E-state index in [-0.39, 0.29) is 0 Å². The Morgan fingerprint density at radius 1 is 1.00 bits per heavy atom. The van der Waals surface area contributed by atoms with Crippen LogP contribution in [0, 0.1) is 11.8 Å². The summed E-state index contributed by atoms with van der Waals surface area (Å²) in [6.45, 7) is 5.55. The molecule has 22 heavy (non-hydrogen) atoms. The van der Waals surface area contributed by atoms with Gasteiger partial charge in [-0.25, -0.2) is 0 Å². The lowest BCUT2D eigenvalue weighted by Gasteiger charge is -2.39. The largest absolute Gasteiger partial charge is 0.325 e. The number of carbonyl (C=O) groups is 1. The third-order valence-corrected chi connectivity index (χ3v) is 6.49. The average molecular weight is 308 g/mol. The molecular formula is C19H35N2O+. The van der Waals surface area contributed by atoms with Gasteiger partial charge in [-0.2, -0.15) is 0 Å². The molecule has 0 aromatic heterocycles. The van der Waals surface area contributed by atoms with E-state index in [1.54, 1.807) is 4.90 Å². The van der Waals surface area contributed by atoms with Crippen LogP contribution in [0.25, 0.3) is 0 Å². The molecule has 0 bridgehead atoms. The summed E-state index contributed by atoms with van der Waals surface area (Å²) >= 11 is 0. The zero-order valence-corrected chi connectivity index (χ0v) is 14.4. The monoisotopic (exact) mass is 307 g/mol. The van der Waals surface area contributed by atoms with Crippen LogP contribution in [0.4, 0.5) is 0 Å². The Morgan fingerprint density at radius 3 is 2.50 bits per heavy atom. The predicted octanol–water partition coefficient (Wildman–Crippen LogP) is 1.96. The first-order valence-electron chi connectivity index (χ1n) is 9.84. The number of Topliss-reactive ketones (excluding diaryl/α,β-unsaturated/α-hetero) is 1. The van der Waals surface area contributed by atoms with Crippen molar-refractivity contribution in [1.82, 2.24) is 5.32 Å². The first kappa shape index (κ1) is 16.4. The van der Waals surface area contributed by atoms with Gasteiger partial charge in [-0.1, -0.05) is 26.2 Å². The summed E-state index contributed by atoms with van der Waals surface area (Å²) < 4.78 is 0. The fourth-order valence-corrected chi connectivity index (χ4v) is 4.98. The molecule has 2 N–H and O–H groups in total. The smallest absolute Gasteiger partial charge is 0.189 e. The molecule has 3 heteroatoms. The van der Waals surface area contributed by atoms with Crippen molar-refractivity contribution in [2.24, 2.45) is 11.8 Å². The molecule has 3 atom stereocenters. The van der Waals surface area contributed by atoms with E-state index >= 15 is 0 Å². The molecule has 0 aromatic carbocycles. The van der Waals surface area contributed by atoms with Gasteiger partial charge in [-0.3, -0.25) is 4.79 Å². The molecule has 0 radical (unpaired) electrons. The van der Waals surface area contributed by atoms with Crippen molar-refractivity contribution < 1.29 is 9.69 Å². The molecule has 126 valence electrons. The van der Waals surface area contributed by atoms with Gasteiger partial charge >= 0.3 is 0 Å². The van der Waals surface area contributed by atoms with Gasteiger partial charge in [0.15, 0.2) is 5.78 Å². The van der Waals surface area contributed by atoms with Crippen molar-refractivity contribution >= 4 is 5.78 Å². The van der Waals surface area contributed by atoms with Gasteiger partial charge in [0.1, 0.15) is 12.6 Å². The van der Waals surface area contributed by atoms with Crippen LogP contribution >= 0.6 is 0 Å². The fraction of sp³-hybridized carbons (Fsp3) is 0.947. The van der Waals surface area contributed by atoms with Crippen LogP contribution in [0.5, 0.6) is 0 Å². The molecule has 1 saturated carbocycles. The van der Waals surface area contributed by atoms with Crippen LogP contribution in [0.15, 0.2) is 0 Å². The Labute approximate surface area is 136 Å². The van der Waals surface area contributed by atoms with Crippen LogP contribution in [0.1, 0.15) is 71.1 Å². The minimum atomic E-state index is 0.380. The van der Waals surface area contributed by atoms with E-state index in [4.69, 9.17) is 0 Å². The number of nitrogens with one attached hydrogen (secondary N) is 2. The normalized spacial score (nSPS) is 40.3. The number of ketones is 1. The van der Waals surface area contributed by atoms with E-state index in [0.29, 0.717) is 23.8 Å². The lowest BCUT2D eigenvalue weighted by atomic mass is 9.80. The number of carbonyl (C=O) groups excluding carboxylic acids is 1. The van der Waals surface area contributed by atoms with Gasteiger partial charge in [0.25, 0.3) is 0 Å². The van der Waals surface area contributed by atoms with Gasteiger partial charge in [0.05, 0.1) is 12.6 Å². The Morgan fingerprint density at radius 2 is 1.77 bits per heavy atom. The van der Waals surface area contributed by atoms with Gasteiger partial charge < -0.3 is 10.2 Å². The number of likely N-dealkylation sites (tertiary alicyclic amines) is 1. The van der Waals surface area contributed by atoms with E-state index < -0.39 is 0 Å². The predicted molar refractivity (Wildman–Crippen MR) is 90.1 cm³/mol. The van der Waals surface area contributed by atoms with Crippen LogP contribution in [-0.4, -0.2) is 37.5 Å². The summed E-state index contributed by atoms with van der Waals surface area (Å²) in [5.74, 6) is 1.79. The molecule has 3 aliphatic rings. The SMILES string of the molecule is CC1CCC(C(=O)C[NH+]2CCCCC2C2CCCCN2)CC1. The summed E-state index contributed by atoms with van der Waals surface area (Å²) in [6.07, 6.45) is 12.9. The van der Waals surface area contributed by atoms with Gasteiger partial charge in [-0.15, -0.1) is 0 Å². The Balaban J connectivity index is 1.55. The molecule has 0 spiro atoms. The van der Waals surface area contributed by atoms with E-state index in [9.17, 15) is 4.79 Å². The first-order chi connectivity index (χ1) is 10.7. The minimum Gasteiger partial charge on any atom is -0.325 e. The minimum absolute atomic E-state index is 0.380. The van der Waals surface area contributed by atoms with E-state index in [0.717, 1.165) is 25.3 Å². The first-order valence-corrected chi connectivity index (χ1v) is 9.84. The Hall–Kier alpha value is -0.410. The fourth-order valence-electron chi connectivity index (χ4n) is 4.98. The summed E-state index contributed by atoms with van der Waals surface area (Å²) in [5, 5.41) is 3.75. The second-order valence-electron chi connectivity index (χ2n) is 8.17.